The third kappa shape index (κ3) is 2.99. The van der Waals surface area contributed by atoms with Gasteiger partial charge in [0, 0.05) is 16.9 Å². The molecule has 0 aromatic heterocycles. The Kier molecular flexibility index (Phi) is 4.04. The second-order valence-corrected chi connectivity index (χ2v) is 6.71. The van der Waals surface area contributed by atoms with Crippen molar-refractivity contribution in [3.8, 4) is 11.5 Å². The molecular weight excluding hydrogens is 334 g/mol. The van der Waals surface area contributed by atoms with E-state index in [1.165, 1.54) is 6.07 Å². The lowest BCUT2D eigenvalue weighted by atomic mass is 9.73. The summed E-state index contributed by atoms with van der Waals surface area (Å²) in [5.74, 6) is 0.760. The van der Waals surface area contributed by atoms with E-state index in [2.05, 4.69) is 21.2 Å². The number of carbonyl (C=O) groups excluding carboxylic acids is 1. The van der Waals surface area contributed by atoms with E-state index in [-0.39, 0.29) is 23.3 Å². The topological polar surface area (TPSA) is 69.6 Å². The van der Waals surface area contributed by atoms with E-state index < -0.39 is 0 Å². The molecule has 1 aromatic rings. The fourth-order valence-corrected chi connectivity index (χ4v) is 3.87. The molecule has 3 atom stereocenters. The smallest absolute Gasteiger partial charge is 0.158 e. The van der Waals surface area contributed by atoms with Crippen molar-refractivity contribution in [2.45, 2.75) is 25.3 Å². The molecule has 21 heavy (non-hydrogen) atoms. The van der Waals surface area contributed by atoms with E-state index in [9.17, 15) is 15.0 Å². The molecular formula is C16H18BrNO3. The zero-order valence-corrected chi connectivity index (χ0v) is 13.1. The maximum Gasteiger partial charge on any atom is 0.158 e. The van der Waals surface area contributed by atoms with Crippen LogP contribution in [0.3, 0.4) is 0 Å². The molecule has 3 N–H and O–H groups in total. The van der Waals surface area contributed by atoms with E-state index in [0.29, 0.717) is 18.3 Å². The predicted octanol–water partition coefficient (Wildman–Crippen LogP) is 2.53. The maximum atomic E-state index is 11.5. The van der Waals surface area contributed by atoms with Gasteiger partial charge in [0.1, 0.15) is 0 Å². The second-order valence-electron chi connectivity index (χ2n) is 5.85. The highest BCUT2D eigenvalue weighted by molar-refractivity contribution is 9.10. The highest BCUT2D eigenvalue weighted by atomic mass is 79.9. The van der Waals surface area contributed by atoms with Gasteiger partial charge in [-0.05, 0) is 55.0 Å². The Labute approximate surface area is 132 Å². The van der Waals surface area contributed by atoms with Crippen molar-refractivity contribution in [3.63, 3.8) is 0 Å². The molecule has 0 amide bonds. The van der Waals surface area contributed by atoms with E-state index >= 15 is 0 Å². The minimum Gasteiger partial charge on any atom is -0.504 e. The standard InChI is InChI=1S/C16H18BrNO3/c17-13-8-16(21)15(20)7-10(13)6-14-12-2-1-11(19)5-9(12)3-4-18-14/h1-2,7-9,12,14,18,20-21H,3-6H2/t9?,12?,14-/m0/s1. The quantitative estimate of drug-likeness (QED) is 0.716. The predicted molar refractivity (Wildman–Crippen MR) is 83.3 cm³/mol. The van der Waals surface area contributed by atoms with Crippen LogP contribution in [0.15, 0.2) is 28.8 Å². The number of phenolic OH excluding ortho intramolecular Hbond substituents is 2. The Morgan fingerprint density at radius 1 is 1.29 bits per heavy atom. The number of fused-ring (bicyclic) bond motifs is 1. The monoisotopic (exact) mass is 351 g/mol. The van der Waals surface area contributed by atoms with Crippen molar-refractivity contribution in [2.24, 2.45) is 11.8 Å². The SMILES string of the molecule is O=C1C=CC2C(CCN[C@H]2Cc2cc(O)c(O)cc2Br)C1. The number of rotatable bonds is 2. The Balaban J connectivity index is 1.82. The third-order valence-electron chi connectivity index (χ3n) is 4.48. The van der Waals surface area contributed by atoms with Gasteiger partial charge >= 0.3 is 0 Å². The van der Waals surface area contributed by atoms with Gasteiger partial charge in [-0.15, -0.1) is 0 Å². The highest BCUT2D eigenvalue weighted by Gasteiger charge is 2.34. The molecule has 5 heteroatoms. The largest absolute Gasteiger partial charge is 0.504 e. The molecule has 0 radical (unpaired) electrons. The van der Waals surface area contributed by atoms with Crippen LogP contribution in [-0.2, 0) is 11.2 Å². The van der Waals surface area contributed by atoms with E-state index in [0.717, 1.165) is 29.4 Å². The van der Waals surface area contributed by atoms with Crippen LogP contribution in [-0.4, -0.2) is 28.6 Å². The number of carbonyl (C=O) groups is 1. The summed E-state index contributed by atoms with van der Waals surface area (Å²) in [6, 6.07) is 3.36. The van der Waals surface area contributed by atoms with Crippen molar-refractivity contribution < 1.29 is 15.0 Å². The third-order valence-corrected chi connectivity index (χ3v) is 5.22. The zero-order chi connectivity index (χ0) is 15.0. The summed E-state index contributed by atoms with van der Waals surface area (Å²) >= 11 is 3.43. The summed E-state index contributed by atoms with van der Waals surface area (Å²) in [5.41, 5.74) is 0.953. The normalized spacial score (nSPS) is 28.4. The average Bonchev–Trinajstić information content (AvgIpc) is 2.44. The van der Waals surface area contributed by atoms with Gasteiger partial charge in [0.15, 0.2) is 17.3 Å². The van der Waals surface area contributed by atoms with Gasteiger partial charge in [-0.25, -0.2) is 0 Å². The van der Waals surface area contributed by atoms with Gasteiger partial charge in [-0.3, -0.25) is 4.79 Å². The summed E-state index contributed by atoms with van der Waals surface area (Å²) in [6.07, 6.45) is 6.14. The molecule has 1 fully saturated rings. The molecule has 1 aromatic carbocycles. The summed E-state index contributed by atoms with van der Waals surface area (Å²) in [7, 11) is 0. The lowest BCUT2D eigenvalue weighted by Gasteiger charge is -2.39. The van der Waals surface area contributed by atoms with Crippen molar-refractivity contribution >= 4 is 21.7 Å². The van der Waals surface area contributed by atoms with Gasteiger partial charge in [0.05, 0.1) is 0 Å². The van der Waals surface area contributed by atoms with Crippen LogP contribution >= 0.6 is 15.9 Å². The molecule has 1 aliphatic carbocycles. The minimum absolute atomic E-state index is 0.102. The van der Waals surface area contributed by atoms with Crippen LogP contribution in [0.1, 0.15) is 18.4 Å². The van der Waals surface area contributed by atoms with Crippen molar-refractivity contribution in [2.75, 3.05) is 6.54 Å². The summed E-state index contributed by atoms with van der Waals surface area (Å²) < 4.78 is 0.789. The zero-order valence-electron chi connectivity index (χ0n) is 11.6. The van der Waals surface area contributed by atoms with Crippen molar-refractivity contribution in [1.82, 2.24) is 5.32 Å². The number of hydrogen-bond donors (Lipinski definition) is 3. The number of halogens is 1. The van der Waals surface area contributed by atoms with Crippen molar-refractivity contribution in [3.05, 3.63) is 34.3 Å². The first-order chi connectivity index (χ1) is 10.0. The molecule has 2 unspecified atom stereocenters. The number of phenols is 2. The van der Waals surface area contributed by atoms with Gasteiger partial charge < -0.3 is 15.5 Å². The molecule has 0 bridgehead atoms. The van der Waals surface area contributed by atoms with Crippen molar-refractivity contribution in [1.29, 1.82) is 0 Å². The minimum atomic E-state index is -0.122. The molecule has 1 aliphatic heterocycles. The number of nitrogens with one attached hydrogen (secondary N) is 1. The number of ketones is 1. The van der Waals surface area contributed by atoms with Gasteiger partial charge in [0.25, 0.3) is 0 Å². The van der Waals surface area contributed by atoms with E-state index in [1.54, 1.807) is 12.1 Å². The highest BCUT2D eigenvalue weighted by Crippen LogP contribution is 2.36. The van der Waals surface area contributed by atoms with Gasteiger partial charge in [-0.2, -0.15) is 0 Å². The molecule has 4 nitrogen and oxygen atoms in total. The summed E-state index contributed by atoms with van der Waals surface area (Å²) in [5, 5.41) is 22.7. The van der Waals surface area contributed by atoms with Gasteiger partial charge in [-0.1, -0.05) is 22.0 Å². The Hall–Kier alpha value is -1.33. The number of hydrogen-bond acceptors (Lipinski definition) is 4. The number of allylic oxidation sites excluding steroid dienone is 1. The molecule has 0 saturated carbocycles. The van der Waals surface area contributed by atoms with Crippen LogP contribution in [0.2, 0.25) is 0 Å². The lowest BCUT2D eigenvalue weighted by Crippen LogP contribution is -2.48. The molecule has 1 saturated heterocycles. The van der Waals surface area contributed by atoms with E-state index in [1.807, 2.05) is 6.08 Å². The number of aromatic hydroxyl groups is 2. The van der Waals surface area contributed by atoms with Crippen LogP contribution in [0.5, 0.6) is 11.5 Å². The lowest BCUT2D eigenvalue weighted by molar-refractivity contribution is -0.116. The van der Waals surface area contributed by atoms with Crippen LogP contribution in [0.4, 0.5) is 0 Å². The summed E-state index contributed by atoms with van der Waals surface area (Å²) in [4.78, 5) is 11.5. The average molecular weight is 352 g/mol. The first-order valence-electron chi connectivity index (χ1n) is 7.19. The second kappa shape index (κ2) is 5.81. The number of benzene rings is 1. The Morgan fingerprint density at radius 3 is 2.86 bits per heavy atom. The van der Waals surface area contributed by atoms with Crippen LogP contribution in [0.25, 0.3) is 0 Å². The fraction of sp³-hybridized carbons (Fsp3) is 0.438. The fourth-order valence-electron chi connectivity index (χ4n) is 3.38. The van der Waals surface area contributed by atoms with Crippen LogP contribution in [0, 0.1) is 11.8 Å². The Morgan fingerprint density at radius 2 is 2.05 bits per heavy atom. The van der Waals surface area contributed by atoms with Crippen LogP contribution < -0.4 is 5.32 Å². The summed E-state index contributed by atoms with van der Waals surface area (Å²) in [6.45, 7) is 0.911. The first kappa shape index (κ1) is 14.6. The molecule has 2 aliphatic rings. The maximum absolute atomic E-state index is 11.5. The van der Waals surface area contributed by atoms with Gasteiger partial charge in [0.2, 0.25) is 0 Å². The van der Waals surface area contributed by atoms with E-state index in [4.69, 9.17) is 0 Å². The number of piperidine rings is 1. The molecule has 0 spiro atoms. The molecule has 112 valence electrons. The first-order valence-corrected chi connectivity index (χ1v) is 7.98. The molecule has 1 heterocycles. The molecule has 3 rings (SSSR count). The Bertz CT molecular complexity index is 599.